The second-order valence-corrected chi connectivity index (χ2v) is 14.9. The molecule has 9 heteroatoms. The fraction of sp³-hybridized carbons (Fsp3) is 0.514. The Bertz CT molecular complexity index is 1530. The number of aryl methyl sites for hydroxylation is 1. The number of anilines is 5. The van der Waals surface area contributed by atoms with Gasteiger partial charge < -0.3 is 15.1 Å². The van der Waals surface area contributed by atoms with Gasteiger partial charge >= 0.3 is 6.03 Å². The van der Waals surface area contributed by atoms with Crippen molar-refractivity contribution < 1.29 is 4.79 Å². The Morgan fingerprint density at radius 2 is 1.61 bits per heavy atom. The van der Waals surface area contributed by atoms with E-state index in [-0.39, 0.29) is 11.6 Å². The standard InChI is InChI=1S/C35H43N7OS/c1-23-4-9-31(44-3)30(14-23)41-22-27-21-36-33(37-28-5-7-29(8-6-28)40-12-10-39(2)11-13-40)38-32(27)42(34(41)43)35-18-24-15-25(19-35)17-26(16-24)20-35/h4-9,14,21,24-26H,10-13,15-20,22H2,1-3H3,(H,36,37,38). The lowest BCUT2D eigenvalue weighted by Gasteiger charge is -2.61. The summed E-state index contributed by atoms with van der Waals surface area (Å²) in [6, 6.07) is 15.1. The molecule has 0 atom stereocenters. The fourth-order valence-electron chi connectivity index (χ4n) is 9.13. The van der Waals surface area contributed by atoms with Crippen LogP contribution in [-0.4, -0.2) is 65.9 Å². The molecule has 8 nitrogen and oxygen atoms in total. The maximum Gasteiger partial charge on any atom is 0.331 e. The molecule has 4 bridgehead atoms. The summed E-state index contributed by atoms with van der Waals surface area (Å²) in [4.78, 5) is 34.8. The molecule has 0 spiro atoms. The van der Waals surface area contributed by atoms with E-state index in [1.165, 1.54) is 24.9 Å². The molecule has 5 fully saturated rings. The minimum Gasteiger partial charge on any atom is -0.369 e. The number of nitrogens with zero attached hydrogens (tertiary/aromatic N) is 6. The number of likely N-dealkylation sites (N-methyl/N-ethyl adjacent to an activating group) is 1. The second kappa shape index (κ2) is 10.9. The number of hydrogen-bond acceptors (Lipinski definition) is 7. The summed E-state index contributed by atoms with van der Waals surface area (Å²) in [5.74, 6) is 3.50. The molecule has 4 aliphatic carbocycles. The van der Waals surface area contributed by atoms with E-state index in [0.29, 0.717) is 30.2 Å². The van der Waals surface area contributed by atoms with Gasteiger partial charge in [-0.05, 0) is 118 Å². The van der Waals surface area contributed by atoms with Crippen molar-refractivity contribution in [2.75, 3.05) is 59.5 Å². The average molecular weight is 610 g/mol. The van der Waals surface area contributed by atoms with Gasteiger partial charge in [-0.1, -0.05) is 6.07 Å². The van der Waals surface area contributed by atoms with Gasteiger partial charge in [0, 0.05) is 54.2 Å². The first kappa shape index (κ1) is 28.2. The van der Waals surface area contributed by atoms with Crippen LogP contribution in [0.2, 0.25) is 0 Å². The summed E-state index contributed by atoms with van der Waals surface area (Å²) in [6.07, 6.45) is 11.3. The maximum absolute atomic E-state index is 14.8. The molecule has 3 aromatic rings. The van der Waals surface area contributed by atoms with Gasteiger partial charge in [-0.2, -0.15) is 4.98 Å². The number of nitrogens with one attached hydrogen (secondary N) is 1. The van der Waals surface area contributed by atoms with Gasteiger partial charge in [0.25, 0.3) is 0 Å². The summed E-state index contributed by atoms with van der Waals surface area (Å²) in [5.41, 5.74) is 5.20. The highest BCUT2D eigenvalue weighted by Gasteiger charge is 2.57. The molecular weight excluding hydrogens is 567 g/mol. The Kier molecular flexibility index (Phi) is 7.01. The van der Waals surface area contributed by atoms with Crippen LogP contribution >= 0.6 is 11.8 Å². The van der Waals surface area contributed by atoms with Crippen molar-refractivity contribution in [2.24, 2.45) is 17.8 Å². The molecule has 0 radical (unpaired) electrons. The van der Waals surface area contributed by atoms with Crippen LogP contribution in [0.4, 0.5) is 33.6 Å². The number of thioether (sulfide) groups is 1. The molecule has 1 aromatic heterocycles. The molecule has 44 heavy (non-hydrogen) atoms. The van der Waals surface area contributed by atoms with E-state index in [9.17, 15) is 4.79 Å². The van der Waals surface area contributed by atoms with Gasteiger partial charge in [-0.3, -0.25) is 9.80 Å². The van der Waals surface area contributed by atoms with E-state index >= 15 is 0 Å². The zero-order valence-electron chi connectivity index (χ0n) is 26.1. The first-order chi connectivity index (χ1) is 21.4. The largest absolute Gasteiger partial charge is 0.369 e. The van der Waals surface area contributed by atoms with Crippen molar-refractivity contribution in [2.45, 2.75) is 62.4 Å². The highest BCUT2D eigenvalue weighted by Crippen LogP contribution is 2.59. The van der Waals surface area contributed by atoms with Gasteiger partial charge in [-0.15, -0.1) is 11.8 Å². The predicted octanol–water partition coefficient (Wildman–Crippen LogP) is 6.92. The number of rotatable bonds is 6. The van der Waals surface area contributed by atoms with Crippen LogP contribution < -0.4 is 20.0 Å². The molecular formula is C35H43N7OS. The molecule has 3 heterocycles. The molecule has 9 rings (SSSR count). The molecule has 6 aliphatic rings. The SMILES string of the molecule is CSc1ccc(C)cc1N1Cc2cnc(Nc3ccc(N4CCN(C)CC4)cc3)nc2N(C23CC4CC(CC(C4)C2)C3)C1=O. The van der Waals surface area contributed by atoms with E-state index in [1.807, 2.05) is 11.1 Å². The number of benzene rings is 2. The van der Waals surface area contributed by atoms with Crippen molar-refractivity contribution in [3.8, 4) is 0 Å². The van der Waals surface area contributed by atoms with Gasteiger partial charge in [0.1, 0.15) is 5.82 Å². The zero-order valence-corrected chi connectivity index (χ0v) is 26.9. The Labute approximate surface area is 265 Å². The van der Waals surface area contributed by atoms with Crippen LogP contribution in [0.5, 0.6) is 0 Å². The van der Waals surface area contributed by atoms with E-state index in [4.69, 9.17) is 9.97 Å². The van der Waals surface area contributed by atoms with Crippen LogP contribution in [0.25, 0.3) is 0 Å². The van der Waals surface area contributed by atoms with Crippen molar-refractivity contribution in [3.63, 3.8) is 0 Å². The Morgan fingerprint density at radius 3 is 2.27 bits per heavy atom. The van der Waals surface area contributed by atoms with E-state index in [0.717, 1.165) is 78.7 Å². The van der Waals surface area contributed by atoms with Crippen molar-refractivity contribution in [1.82, 2.24) is 14.9 Å². The highest BCUT2D eigenvalue weighted by atomic mass is 32.2. The Morgan fingerprint density at radius 1 is 0.932 bits per heavy atom. The lowest BCUT2D eigenvalue weighted by atomic mass is 9.52. The number of amides is 2. The van der Waals surface area contributed by atoms with E-state index in [1.54, 1.807) is 11.8 Å². The van der Waals surface area contributed by atoms with Gasteiger partial charge in [0.05, 0.1) is 17.8 Å². The predicted molar refractivity (Wildman–Crippen MR) is 179 cm³/mol. The van der Waals surface area contributed by atoms with Gasteiger partial charge in [0.2, 0.25) is 5.95 Å². The van der Waals surface area contributed by atoms with E-state index < -0.39 is 0 Å². The normalized spacial score (nSPS) is 28.0. The molecule has 2 amide bonds. The van der Waals surface area contributed by atoms with Crippen molar-refractivity contribution in [3.05, 3.63) is 59.8 Å². The van der Waals surface area contributed by atoms with Crippen molar-refractivity contribution in [1.29, 1.82) is 0 Å². The summed E-state index contributed by atoms with van der Waals surface area (Å²) < 4.78 is 0. The molecule has 4 saturated carbocycles. The number of urea groups is 1. The molecule has 1 N–H and O–H groups in total. The highest BCUT2D eigenvalue weighted by molar-refractivity contribution is 7.98. The van der Waals surface area contributed by atoms with Crippen LogP contribution in [0.3, 0.4) is 0 Å². The van der Waals surface area contributed by atoms with Crippen LogP contribution in [-0.2, 0) is 6.54 Å². The number of piperazine rings is 1. The number of aromatic nitrogens is 2. The first-order valence-electron chi connectivity index (χ1n) is 16.3. The van der Waals surface area contributed by atoms with Crippen LogP contribution in [0.15, 0.2) is 53.6 Å². The monoisotopic (exact) mass is 609 g/mol. The third kappa shape index (κ3) is 4.92. The number of carbonyl (C=O) groups is 1. The lowest BCUT2D eigenvalue weighted by molar-refractivity contribution is -0.000910. The fourth-order valence-corrected chi connectivity index (χ4v) is 9.71. The molecule has 230 valence electrons. The topological polar surface area (TPSA) is 67.8 Å². The smallest absolute Gasteiger partial charge is 0.331 e. The molecule has 0 unspecified atom stereocenters. The third-order valence-electron chi connectivity index (χ3n) is 10.9. The summed E-state index contributed by atoms with van der Waals surface area (Å²) in [5, 5.41) is 3.47. The van der Waals surface area contributed by atoms with E-state index in [2.05, 4.69) is 82.7 Å². The average Bonchev–Trinajstić information content (AvgIpc) is 3.01. The third-order valence-corrected chi connectivity index (χ3v) is 11.7. The molecule has 2 aliphatic heterocycles. The minimum absolute atomic E-state index is 0.0709. The Balaban J connectivity index is 1.14. The number of carbonyl (C=O) groups excluding carboxylic acids is 1. The van der Waals surface area contributed by atoms with Gasteiger partial charge in [-0.25, -0.2) is 9.78 Å². The second-order valence-electron chi connectivity index (χ2n) is 14.0. The Hall–Kier alpha value is -3.30. The molecule has 2 aromatic carbocycles. The number of hydrogen-bond donors (Lipinski definition) is 1. The zero-order chi connectivity index (χ0) is 30.0. The van der Waals surface area contributed by atoms with Crippen molar-refractivity contribution >= 4 is 46.6 Å². The van der Waals surface area contributed by atoms with Crippen LogP contribution in [0.1, 0.15) is 49.7 Å². The maximum atomic E-state index is 14.8. The lowest BCUT2D eigenvalue weighted by Crippen LogP contribution is -2.65. The van der Waals surface area contributed by atoms with Gasteiger partial charge in [0.15, 0.2) is 0 Å². The van der Waals surface area contributed by atoms with Crippen LogP contribution in [0, 0.1) is 24.7 Å². The quantitative estimate of drug-likeness (QED) is 0.305. The number of fused-ring (bicyclic) bond motifs is 1. The summed E-state index contributed by atoms with van der Waals surface area (Å²) >= 11 is 1.70. The minimum atomic E-state index is -0.168. The summed E-state index contributed by atoms with van der Waals surface area (Å²) in [7, 11) is 2.18. The summed E-state index contributed by atoms with van der Waals surface area (Å²) in [6.45, 7) is 6.84. The first-order valence-corrected chi connectivity index (χ1v) is 17.5. The molecule has 1 saturated heterocycles.